The molecule has 3 aliphatic rings. The lowest BCUT2D eigenvalue weighted by Gasteiger charge is -2.25. The summed E-state index contributed by atoms with van der Waals surface area (Å²) >= 11 is 0. The summed E-state index contributed by atoms with van der Waals surface area (Å²) in [6, 6.07) is 1.27. The molecule has 0 spiro atoms. The summed E-state index contributed by atoms with van der Waals surface area (Å²) in [6.07, 6.45) is 3.64. The Kier molecular flexibility index (Phi) is 5.90. The van der Waals surface area contributed by atoms with Crippen molar-refractivity contribution in [3.63, 3.8) is 0 Å². The first-order valence-electron chi connectivity index (χ1n) is 10.2. The summed E-state index contributed by atoms with van der Waals surface area (Å²) < 4.78 is 42.6. The number of pyridine rings is 2. The average Bonchev–Trinajstić information content (AvgIpc) is 3.64. The van der Waals surface area contributed by atoms with E-state index in [-0.39, 0.29) is 40.9 Å². The number of hydrogen-bond donors (Lipinski definition) is 3. The Bertz CT molecular complexity index is 1270. The molecular weight excluding hydrogens is 461 g/mol. The summed E-state index contributed by atoms with van der Waals surface area (Å²) in [5, 5.41) is 11.1. The van der Waals surface area contributed by atoms with Gasteiger partial charge >= 0.3 is 5.97 Å². The highest BCUT2D eigenvalue weighted by Gasteiger charge is 2.62. The standard InChI is InChI=1S/C18H20FN5O4.CH4O3S/c1-28-24-13-8(5-20)6-23(17(13)24)16-12(19)4-10-14(25)11(18(26)27)7-22(9-2-3-9)15(10)21-16;1-5(2,3)4/h4,7-9,13,17H,2-3,5-6,20H2,1H3,(H,26,27);1H3,(H,2,3,4)/t8?,13-,17+,24?;/m0./s1. The van der Waals surface area contributed by atoms with Crippen LogP contribution in [0.1, 0.15) is 29.2 Å². The fourth-order valence-corrected chi connectivity index (χ4v) is 4.34. The molecule has 14 heteroatoms. The summed E-state index contributed by atoms with van der Waals surface area (Å²) in [6.45, 7) is 0.990. The lowest BCUT2D eigenvalue weighted by Crippen LogP contribution is -2.35. The molecule has 2 saturated heterocycles. The second-order valence-corrected chi connectivity index (χ2v) is 9.77. The lowest BCUT2D eigenvalue weighted by atomic mass is 10.1. The van der Waals surface area contributed by atoms with Gasteiger partial charge in [-0.1, -0.05) is 0 Å². The smallest absolute Gasteiger partial charge is 0.341 e. The van der Waals surface area contributed by atoms with Gasteiger partial charge in [-0.15, -0.1) is 0 Å². The van der Waals surface area contributed by atoms with Crippen LogP contribution in [0.15, 0.2) is 17.1 Å². The number of aromatic nitrogens is 2. The molecule has 0 radical (unpaired) electrons. The predicted molar refractivity (Wildman–Crippen MR) is 115 cm³/mol. The van der Waals surface area contributed by atoms with Crippen molar-refractivity contribution in [3.8, 4) is 0 Å². The maximum atomic E-state index is 15.0. The Hall–Kier alpha value is -2.65. The van der Waals surface area contributed by atoms with Gasteiger partial charge in [-0.25, -0.2) is 14.2 Å². The fraction of sp³-hybridized carbons (Fsp3) is 0.526. The van der Waals surface area contributed by atoms with E-state index in [1.807, 2.05) is 4.90 Å². The van der Waals surface area contributed by atoms with E-state index in [0.29, 0.717) is 25.0 Å². The molecule has 2 unspecified atom stereocenters. The first kappa shape index (κ1) is 23.5. The molecule has 180 valence electrons. The summed E-state index contributed by atoms with van der Waals surface area (Å²) in [7, 11) is -2.10. The molecule has 2 aromatic heterocycles. The SMILES string of the molecule is CON1[C@@H]2[C@@H]1C(CN)CN2c1nc2c(cc1F)c(=O)c(C(=O)O)cn2C1CC1.CS(=O)(=O)O. The van der Waals surface area contributed by atoms with Crippen LogP contribution < -0.4 is 16.1 Å². The van der Waals surface area contributed by atoms with Crippen molar-refractivity contribution in [2.75, 3.05) is 31.4 Å². The van der Waals surface area contributed by atoms with Crippen molar-refractivity contribution >= 4 is 32.9 Å². The Morgan fingerprint density at radius 3 is 2.55 bits per heavy atom. The zero-order chi connectivity index (χ0) is 24.2. The topological polar surface area (TPSA) is 168 Å². The van der Waals surface area contributed by atoms with E-state index in [0.717, 1.165) is 18.9 Å². The number of carbonyl (C=O) groups is 1. The number of halogens is 1. The third-order valence-corrected chi connectivity index (χ3v) is 5.90. The number of hydroxylamine groups is 2. The molecule has 1 saturated carbocycles. The monoisotopic (exact) mass is 485 g/mol. The van der Waals surface area contributed by atoms with Gasteiger partial charge in [-0.05, 0) is 25.5 Å². The highest BCUT2D eigenvalue weighted by Crippen LogP contribution is 2.46. The van der Waals surface area contributed by atoms with E-state index in [9.17, 15) is 27.5 Å². The number of rotatable bonds is 5. The number of aromatic carboxylic acids is 1. The highest BCUT2D eigenvalue weighted by atomic mass is 32.2. The molecule has 3 fully saturated rings. The van der Waals surface area contributed by atoms with Gasteiger partial charge in [0.2, 0.25) is 5.43 Å². The molecule has 4 heterocycles. The van der Waals surface area contributed by atoms with Crippen molar-refractivity contribution in [1.29, 1.82) is 0 Å². The van der Waals surface area contributed by atoms with Crippen molar-refractivity contribution in [2.45, 2.75) is 31.1 Å². The first-order valence-corrected chi connectivity index (χ1v) is 12.0. The maximum Gasteiger partial charge on any atom is 0.341 e. The molecule has 2 aromatic rings. The summed E-state index contributed by atoms with van der Waals surface area (Å²) in [4.78, 5) is 35.6. The van der Waals surface area contributed by atoms with E-state index < -0.39 is 27.3 Å². The normalized spacial score (nSPS) is 26.0. The number of hydrogen-bond acceptors (Lipinski definition) is 9. The average molecular weight is 485 g/mol. The number of nitrogens with zero attached hydrogens (tertiary/aromatic N) is 4. The van der Waals surface area contributed by atoms with Gasteiger partial charge < -0.3 is 20.3 Å². The van der Waals surface area contributed by atoms with Crippen LogP contribution in [0.4, 0.5) is 10.2 Å². The second kappa shape index (κ2) is 8.29. The molecule has 4 atom stereocenters. The fourth-order valence-electron chi connectivity index (χ4n) is 4.34. The Morgan fingerprint density at radius 2 is 2.03 bits per heavy atom. The third-order valence-electron chi connectivity index (χ3n) is 5.90. The quantitative estimate of drug-likeness (QED) is 0.386. The molecule has 33 heavy (non-hydrogen) atoms. The molecule has 0 bridgehead atoms. The Morgan fingerprint density at radius 1 is 1.39 bits per heavy atom. The van der Waals surface area contributed by atoms with Gasteiger partial charge in [0.05, 0.1) is 24.8 Å². The van der Waals surface area contributed by atoms with Crippen LogP contribution in [0.3, 0.4) is 0 Å². The molecule has 2 aliphatic heterocycles. The summed E-state index contributed by atoms with van der Waals surface area (Å²) in [5.74, 6) is -1.72. The van der Waals surface area contributed by atoms with Crippen LogP contribution >= 0.6 is 0 Å². The van der Waals surface area contributed by atoms with Gasteiger partial charge in [0, 0.05) is 24.7 Å². The lowest BCUT2D eigenvalue weighted by molar-refractivity contribution is -0.0595. The number of carboxylic acid groups (broad SMARTS) is 1. The molecule has 4 N–H and O–H groups in total. The van der Waals surface area contributed by atoms with E-state index in [1.165, 1.54) is 6.20 Å². The zero-order valence-electron chi connectivity index (χ0n) is 17.9. The van der Waals surface area contributed by atoms with Crippen molar-refractivity contribution < 1.29 is 32.1 Å². The van der Waals surface area contributed by atoms with Crippen LogP contribution in [0.25, 0.3) is 11.0 Å². The van der Waals surface area contributed by atoms with E-state index in [4.69, 9.17) is 15.1 Å². The van der Waals surface area contributed by atoms with Crippen LogP contribution in [0.5, 0.6) is 0 Å². The molecule has 5 rings (SSSR count). The predicted octanol–water partition coefficient (Wildman–Crippen LogP) is 0.0393. The first-order chi connectivity index (χ1) is 15.5. The largest absolute Gasteiger partial charge is 0.477 e. The Labute approximate surface area is 188 Å². The van der Waals surface area contributed by atoms with Crippen molar-refractivity contribution in [2.24, 2.45) is 11.7 Å². The molecular formula is C19H24FN5O7S. The number of carboxylic acids is 1. The number of nitrogens with two attached hydrogens (primary N) is 1. The van der Waals surface area contributed by atoms with Crippen molar-refractivity contribution in [1.82, 2.24) is 14.6 Å². The third kappa shape index (κ3) is 4.44. The van der Waals surface area contributed by atoms with E-state index >= 15 is 0 Å². The van der Waals surface area contributed by atoms with Crippen LogP contribution in [0.2, 0.25) is 0 Å². The molecule has 0 amide bonds. The molecule has 0 aromatic carbocycles. The maximum absolute atomic E-state index is 15.0. The molecule has 12 nitrogen and oxygen atoms in total. The highest BCUT2D eigenvalue weighted by molar-refractivity contribution is 7.85. The van der Waals surface area contributed by atoms with E-state index in [1.54, 1.807) is 16.7 Å². The minimum absolute atomic E-state index is 0.0152. The minimum Gasteiger partial charge on any atom is -0.477 e. The van der Waals surface area contributed by atoms with Crippen LogP contribution in [0, 0.1) is 11.7 Å². The Balaban J connectivity index is 0.000000471. The zero-order valence-corrected chi connectivity index (χ0v) is 18.7. The van der Waals surface area contributed by atoms with Crippen molar-refractivity contribution in [3.05, 3.63) is 33.9 Å². The van der Waals surface area contributed by atoms with Crippen LogP contribution in [-0.4, -0.2) is 77.3 Å². The van der Waals surface area contributed by atoms with Gasteiger partial charge in [0.25, 0.3) is 10.1 Å². The minimum atomic E-state index is -3.67. The second-order valence-electron chi connectivity index (χ2n) is 8.31. The number of anilines is 1. The van der Waals surface area contributed by atoms with Gasteiger partial charge in [0.1, 0.15) is 17.4 Å². The van der Waals surface area contributed by atoms with Crippen LogP contribution in [-0.2, 0) is 15.0 Å². The summed E-state index contributed by atoms with van der Waals surface area (Å²) in [5.41, 5.74) is 5.07. The van der Waals surface area contributed by atoms with Gasteiger partial charge in [-0.2, -0.15) is 13.5 Å². The van der Waals surface area contributed by atoms with Gasteiger partial charge in [0.15, 0.2) is 11.6 Å². The van der Waals surface area contributed by atoms with E-state index in [2.05, 4.69) is 4.98 Å². The van der Waals surface area contributed by atoms with Gasteiger partial charge in [-0.3, -0.25) is 14.2 Å². The number of fused-ring (bicyclic) bond motifs is 2. The molecule has 1 aliphatic carbocycles.